The lowest BCUT2D eigenvalue weighted by Gasteiger charge is -1.91. The van der Waals surface area contributed by atoms with Gasteiger partial charge in [0.05, 0.1) is 6.42 Å². The fourth-order valence-corrected chi connectivity index (χ4v) is 1.94. The Morgan fingerprint density at radius 2 is 2.19 bits per heavy atom. The van der Waals surface area contributed by atoms with Gasteiger partial charge in [-0.15, -0.1) is 0 Å². The molecule has 0 aliphatic heterocycles. The molecule has 16 heavy (non-hydrogen) atoms. The summed E-state index contributed by atoms with van der Waals surface area (Å²) in [6, 6.07) is 0. The monoisotopic (exact) mass is 244 g/mol. The van der Waals surface area contributed by atoms with Gasteiger partial charge in [-0.25, -0.2) is 8.42 Å². The highest BCUT2D eigenvalue weighted by molar-refractivity contribution is 7.89. The van der Waals surface area contributed by atoms with E-state index in [1.165, 1.54) is 0 Å². The zero-order valence-electron chi connectivity index (χ0n) is 8.84. The number of Topliss-reactive ketones (excluding diaryl/α,β-unsaturated/α-hetero) is 1. The maximum atomic E-state index is 11.4. The molecule has 0 atom stereocenters. The van der Waals surface area contributed by atoms with Crippen LogP contribution in [0.2, 0.25) is 0 Å². The van der Waals surface area contributed by atoms with Crippen LogP contribution in [-0.4, -0.2) is 30.6 Å². The minimum atomic E-state index is -3.17. The molecule has 0 bridgehead atoms. The molecule has 0 amide bonds. The molecule has 1 saturated carbocycles. The minimum absolute atomic E-state index is 0.0922. The number of nitrogens with zero attached hydrogens (tertiary/aromatic N) is 2. The summed E-state index contributed by atoms with van der Waals surface area (Å²) >= 11 is 0. The lowest BCUT2D eigenvalue weighted by atomic mass is 10.2. The van der Waals surface area contributed by atoms with Gasteiger partial charge in [0, 0.05) is 12.2 Å². The van der Waals surface area contributed by atoms with E-state index in [0.717, 1.165) is 19.1 Å². The summed E-state index contributed by atoms with van der Waals surface area (Å²) in [7, 11) is -3.17. The molecule has 0 radical (unpaired) electrons. The molecule has 7 heteroatoms. The van der Waals surface area contributed by atoms with Crippen molar-refractivity contribution >= 4 is 15.6 Å². The molecular formula is C9H12N2O4S. The second-order valence-electron chi connectivity index (χ2n) is 4.09. The van der Waals surface area contributed by atoms with Crippen LogP contribution in [-0.2, 0) is 26.8 Å². The number of hydrogen-bond donors (Lipinski definition) is 0. The van der Waals surface area contributed by atoms with Crippen molar-refractivity contribution < 1.29 is 17.7 Å². The van der Waals surface area contributed by atoms with Crippen LogP contribution in [0.4, 0.5) is 0 Å². The number of rotatable bonds is 5. The Kier molecular flexibility index (Phi) is 2.79. The molecule has 1 heterocycles. The van der Waals surface area contributed by atoms with Gasteiger partial charge in [0.25, 0.3) is 0 Å². The Labute approximate surface area is 93.0 Å². The number of hydrogen-bond acceptors (Lipinski definition) is 6. The second-order valence-corrected chi connectivity index (χ2v) is 6.23. The number of sulfone groups is 1. The molecule has 0 aromatic carbocycles. The largest absolute Gasteiger partial charge is 0.339 e. The molecular weight excluding hydrogens is 232 g/mol. The highest BCUT2D eigenvalue weighted by atomic mass is 32.2. The first-order valence-electron chi connectivity index (χ1n) is 4.96. The van der Waals surface area contributed by atoms with Crippen LogP contribution in [0.5, 0.6) is 0 Å². The predicted molar refractivity (Wildman–Crippen MR) is 54.3 cm³/mol. The Morgan fingerprint density at radius 1 is 1.50 bits per heavy atom. The molecule has 6 nitrogen and oxygen atoms in total. The van der Waals surface area contributed by atoms with Crippen molar-refractivity contribution in [3.63, 3.8) is 0 Å². The van der Waals surface area contributed by atoms with Gasteiger partial charge >= 0.3 is 0 Å². The molecule has 0 unspecified atom stereocenters. The summed E-state index contributed by atoms with van der Waals surface area (Å²) in [4.78, 5) is 15.3. The normalized spacial score (nSPS) is 16.3. The molecule has 0 spiro atoms. The summed E-state index contributed by atoms with van der Waals surface area (Å²) in [6.45, 7) is 0. The summed E-state index contributed by atoms with van der Waals surface area (Å²) in [5.41, 5.74) is 0. The highest BCUT2D eigenvalue weighted by Gasteiger charge is 2.30. The molecule has 1 aromatic rings. The number of carbonyl (C=O) groups is 1. The van der Waals surface area contributed by atoms with Crippen LogP contribution in [0.1, 0.15) is 24.6 Å². The van der Waals surface area contributed by atoms with Crippen LogP contribution in [0, 0.1) is 5.92 Å². The van der Waals surface area contributed by atoms with Gasteiger partial charge in [-0.3, -0.25) is 4.79 Å². The fourth-order valence-electron chi connectivity index (χ4n) is 1.35. The van der Waals surface area contributed by atoms with E-state index in [1.54, 1.807) is 0 Å². The van der Waals surface area contributed by atoms with E-state index in [2.05, 4.69) is 10.1 Å². The molecule has 2 rings (SSSR count). The van der Waals surface area contributed by atoms with E-state index in [-0.39, 0.29) is 35.6 Å². The summed E-state index contributed by atoms with van der Waals surface area (Å²) in [6.07, 6.45) is 3.08. The van der Waals surface area contributed by atoms with Crippen LogP contribution in [0.25, 0.3) is 0 Å². The SMILES string of the molecule is CS(=O)(=O)Cc1noc(CC(=O)C2CC2)n1. The smallest absolute Gasteiger partial charge is 0.234 e. The highest BCUT2D eigenvalue weighted by Crippen LogP contribution is 2.30. The zero-order chi connectivity index (χ0) is 11.8. The Balaban J connectivity index is 1.99. The summed E-state index contributed by atoms with van der Waals surface area (Å²) in [5, 5.41) is 3.52. The van der Waals surface area contributed by atoms with E-state index in [0.29, 0.717) is 0 Å². The molecule has 1 aliphatic rings. The maximum Gasteiger partial charge on any atom is 0.234 e. The van der Waals surface area contributed by atoms with Crippen molar-refractivity contribution in [2.75, 3.05) is 6.26 Å². The molecule has 1 fully saturated rings. The standard InChI is InChI=1S/C9H12N2O4S/c1-16(13,14)5-8-10-9(15-11-8)4-7(12)6-2-3-6/h6H,2-5H2,1H3. The van der Waals surface area contributed by atoms with Crippen molar-refractivity contribution in [1.29, 1.82) is 0 Å². The van der Waals surface area contributed by atoms with Crippen molar-refractivity contribution in [2.45, 2.75) is 25.0 Å². The second kappa shape index (κ2) is 3.97. The molecule has 1 aromatic heterocycles. The third-order valence-electron chi connectivity index (χ3n) is 2.26. The van der Waals surface area contributed by atoms with E-state index < -0.39 is 9.84 Å². The Hall–Kier alpha value is -1.24. The average molecular weight is 244 g/mol. The van der Waals surface area contributed by atoms with Gasteiger partial charge in [-0.05, 0) is 12.8 Å². The summed E-state index contributed by atoms with van der Waals surface area (Å²) in [5.74, 6) is 0.296. The first-order valence-corrected chi connectivity index (χ1v) is 7.02. The van der Waals surface area contributed by atoms with Gasteiger partial charge in [0.15, 0.2) is 15.7 Å². The quantitative estimate of drug-likeness (QED) is 0.731. The van der Waals surface area contributed by atoms with E-state index in [1.807, 2.05) is 0 Å². The van der Waals surface area contributed by atoms with Crippen LogP contribution in [0.3, 0.4) is 0 Å². The number of ketones is 1. The van der Waals surface area contributed by atoms with Gasteiger partial charge in [-0.2, -0.15) is 4.98 Å². The third kappa shape index (κ3) is 3.13. The lowest BCUT2D eigenvalue weighted by Crippen LogP contribution is -2.06. The number of aromatic nitrogens is 2. The first kappa shape index (κ1) is 11.3. The molecule has 0 N–H and O–H groups in total. The van der Waals surface area contributed by atoms with Crippen molar-refractivity contribution in [3.8, 4) is 0 Å². The number of carbonyl (C=O) groups excluding carboxylic acids is 1. The van der Waals surface area contributed by atoms with Crippen LogP contribution < -0.4 is 0 Å². The van der Waals surface area contributed by atoms with Gasteiger partial charge in [0.2, 0.25) is 5.89 Å². The molecule has 1 aliphatic carbocycles. The minimum Gasteiger partial charge on any atom is -0.339 e. The van der Waals surface area contributed by atoms with Crippen molar-refractivity contribution in [3.05, 3.63) is 11.7 Å². The first-order chi connectivity index (χ1) is 7.44. The van der Waals surface area contributed by atoms with E-state index in [9.17, 15) is 13.2 Å². The fraction of sp³-hybridized carbons (Fsp3) is 0.667. The average Bonchev–Trinajstić information content (AvgIpc) is 2.89. The topological polar surface area (TPSA) is 90.1 Å². The van der Waals surface area contributed by atoms with Gasteiger partial charge in [-0.1, -0.05) is 5.16 Å². The molecule has 0 saturated heterocycles. The van der Waals surface area contributed by atoms with Crippen LogP contribution in [0.15, 0.2) is 4.52 Å². The molecule has 88 valence electrons. The Bertz CT molecular complexity index is 501. The summed E-state index contributed by atoms with van der Waals surface area (Å²) < 4.78 is 26.7. The maximum absolute atomic E-state index is 11.4. The van der Waals surface area contributed by atoms with E-state index >= 15 is 0 Å². The predicted octanol–water partition coefficient (Wildman–Crippen LogP) is 0.136. The zero-order valence-corrected chi connectivity index (χ0v) is 9.66. The Morgan fingerprint density at radius 3 is 2.75 bits per heavy atom. The van der Waals surface area contributed by atoms with E-state index in [4.69, 9.17) is 4.52 Å². The van der Waals surface area contributed by atoms with Crippen molar-refractivity contribution in [1.82, 2.24) is 10.1 Å². The third-order valence-corrected chi connectivity index (χ3v) is 3.04. The van der Waals surface area contributed by atoms with Crippen molar-refractivity contribution in [2.24, 2.45) is 5.92 Å². The lowest BCUT2D eigenvalue weighted by molar-refractivity contribution is -0.119. The van der Waals surface area contributed by atoms with Gasteiger partial charge in [0.1, 0.15) is 11.5 Å². The van der Waals surface area contributed by atoms with Gasteiger partial charge < -0.3 is 4.52 Å². The van der Waals surface area contributed by atoms with Crippen LogP contribution >= 0.6 is 0 Å².